The molecule has 2 aromatic rings. The quantitative estimate of drug-likeness (QED) is 0.580. The summed E-state index contributed by atoms with van der Waals surface area (Å²) in [5.41, 5.74) is 6.86. The Morgan fingerprint density at radius 3 is 2.52 bits per heavy atom. The summed E-state index contributed by atoms with van der Waals surface area (Å²) in [6.07, 6.45) is -0.160. The summed E-state index contributed by atoms with van der Waals surface area (Å²) in [6, 6.07) is 11.8. The molecule has 0 bridgehead atoms. The van der Waals surface area contributed by atoms with Crippen molar-refractivity contribution in [2.24, 2.45) is 17.6 Å². The average molecular weight is 448 g/mol. The predicted octanol–water partition coefficient (Wildman–Crippen LogP) is 0.800. The Morgan fingerprint density at radius 2 is 1.85 bits per heavy atom. The smallest absolute Gasteiger partial charge is 0.250 e. The summed E-state index contributed by atoms with van der Waals surface area (Å²) < 4.78 is 5.17. The number of imide groups is 1. The normalized spacial score (nSPS) is 27.6. The van der Waals surface area contributed by atoms with E-state index in [1.54, 1.807) is 37.4 Å². The molecule has 5 rings (SSSR count). The topological polar surface area (TPSA) is 131 Å². The molecular formula is C24H24N4O5. The van der Waals surface area contributed by atoms with Crippen LogP contribution in [0.2, 0.25) is 0 Å². The zero-order valence-electron chi connectivity index (χ0n) is 18.3. The molecule has 0 aliphatic carbocycles. The standard InChI is InChI=1S/C24H24N4O5/c1-12-4-3-5-15-20(12)26-23(32)24(15)19-18(16(27-24)10-17(25)29)21(30)28(22(19)31)11-13-6-8-14(33-2)9-7-13/h3-9,16,18-19,27H,10-11H2,1-2H3,(H2,25,29)(H,26,32)/t16-,18-,19-,24+/m1/s1. The van der Waals surface area contributed by atoms with Gasteiger partial charge in [-0.25, -0.2) is 0 Å². The van der Waals surface area contributed by atoms with Gasteiger partial charge >= 0.3 is 0 Å². The minimum atomic E-state index is -1.44. The molecule has 2 aromatic carbocycles. The lowest BCUT2D eigenvalue weighted by atomic mass is 9.76. The van der Waals surface area contributed by atoms with Gasteiger partial charge in [0.2, 0.25) is 23.6 Å². The van der Waals surface area contributed by atoms with Crippen LogP contribution in [0, 0.1) is 18.8 Å². The predicted molar refractivity (Wildman–Crippen MR) is 118 cm³/mol. The van der Waals surface area contributed by atoms with Gasteiger partial charge in [-0.3, -0.25) is 29.4 Å². The number of hydrogen-bond acceptors (Lipinski definition) is 6. The Kier molecular flexibility index (Phi) is 4.75. The second kappa shape index (κ2) is 7.41. The number of methoxy groups -OCH3 is 1. The molecule has 2 fully saturated rings. The van der Waals surface area contributed by atoms with E-state index in [4.69, 9.17) is 10.5 Å². The van der Waals surface area contributed by atoms with Crippen molar-refractivity contribution in [1.29, 1.82) is 0 Å². The highest BCUT2D eigenvalue weighted by molar-refractivity contribution is 6.15. The Morgan fingerprint density at radius 1 is 1.12 bits per heavy atom. The second-order valence-corrected chi connectivity index (χ2v) is 8.80. The Hall–Kier alpha value is -3.72. The van der Waals surface area contributed by atoms with Gasteiger partial charge in [0.15, 0.2) is 0 Å². The molecule has 0 aromatic heterocycles. The van der Waals surface area contributed by atoms with Gasteiger partial charge in [0, 0.05) is 23.7 Å². The van der Waals surface area contributed by atoms with Crippen LogP contribution in [0.3, 0.4) is 0 Å². The zero-order valence-corrected chi connectivity index (χ0v) is 18.3. The number of hydrogen-bond donors (Lipinski definition) is 3. The SMILES string of the molecule is COc1ccc(CN2C(=O)[C@@H]3[C@@H](CC(N)=O)N[C@]4(C(=O)Nc5c(C)cccc54)[C@H]3C2=O)cc1. The molecular weight excluding hydrogens is 424 g/mol. The highest BCUT2D eigenvalue weighted by Gasteiger charge is 2.70. The van der Waals surface area contributed by atoms with Gasteiger partial charge in [-0.1, -0.05) is 30.3 Å². The number of anilines is 1. The van der Waals surface area contributed by atoms with Crippen molar-refractivity contribution in [3.05, 3.63) is 59.2 Å². The van der Waals surface area contributed by atoms with Gasteiger partial charge in [-0.15, -0.1) is 0 Å². The number of amides is 4. The minimum absolute atomic E-state index is 0.0658. The van der Waals surface area contributed by atoms with E-state index in [1.807, 2.05) is 19.1 Å². The van der Waals surface area contributed by atoms with Crippen LogP contribution in [0.5, 0.6) is 5.75 Å². The molecule has 3 aliphatic heterocycles. The van der Waals surface area contributed by atoms with Crippen LogP contribution < -0.4 is 21.1 Å². The van der Waals surface area contributed by atoms with Gasteiger partial charge in [-0.2, -0.15) is 0 Å². The molecule has 1 spiro atoms. The molecule has 33 heavy (non-hydrogen) atoms. The van der Waals surface area contributed by atoms with Crippen molar-refractivity contribution in [3.63, 3.8) is 0 Å². The fraction of sp³-hybridized carbons (Fsp3) is 0.333. The zero-order chi connectivity index (χ0) is 23.5. The molecule has 0 saturated carbocycles. The van der Waals surface area contributed by atoms with E-state index in [2.05, 4.69) is 10.6 Å². The first-order valence-corrected chi connectivity index (χ1v) is 10.7. The number of primary amides is 1. The van der Waals surface area contributed by atoms with E-state index in [9.17, 15) is 19.2 Å². The van der Waals surface area contributed by atoms with Crippen molar-refractivity contribution < 1.29 is 23.9 Å². The molecule has 4 atom stereocenters. The summed E-state index contributed by atoms with van der Waals surface area (Å²) in [7, 11) is 1.56. The number of rotatable bonds is 5. The lowest BCUT2D eigenvalue weighted by Crippen LogP contribution is -2.53. The maximum Gasteiger partial charge on any atom is 0.250 e. The highest BCUT2D eigenvalue weighted by Crippen LogP contribution is 2.54. The van der Waals surface area contributed by atoms with Gasteiger partial charge in [-0.05, 0) is 30.2 Å². The van der Waals surface area contributed by atoms with Crippen molar-refractivity contribution >= 4 is 29.3 Å². The summed E-state index contributed by atoms with van der Waals surface area (Å²) in [5, 5.41) is 6.08. The molecule has 3 heterocycles. The van der Waals surface area contributed by atoms with Gasteiger partial charge < -0.3 is 15.8 Å². The largest absolute Gasteiger partial charge is 0.497 e. The molecule has 4 N–H and O–H groups in total. The second-order valence-electron chi connectivity index (χ2n) is 8.80. The fourth-order valence-corrected chi connectivity index (χ4v) is 5.50. The van der Waals surface area contributed by atoms with Crippen molar-refractivity contribution in [3.8, 4) is 5.75 Å². The van der Waals surface area contributed by atoms with Crippen LogP contribution in [-0.4, -0.2) is 41.7 Å². The Bertz CT molecular complexity index is 1190. The number of ether oxygens (including phenoxy) is 1. The summed E-state index contributed by atoms with van der Waals surface area (Å²) in [6.45, 7) is 1.93. The molecule has 2 saturated heterocycles. The number of nitrogens with one attached hydrogen (secondary N) is 2. The molecule has 0 unspecified atom stereocenters. The lowest BCUT2D eigenvalue weighted by Gasteiger charge is -2.29. The van der Waals surface area contributed by atoms with Crippen molar-refractivity contribution in [2.45, 2.75) is 31.5 Å². The van der Waals surface area contributed by atoms with Crippen LogP contribution in [0.4, 0.5) is 5.69 Å². The highest BCUT2D eigenvalue weighted by atomic mass is 16.5. The first kappa shape index (κ1) is 21.1. The number of aryl methyl sites for hydroxylation is 1. The first-order valence-electron chi connectivity index (χ1n) is 10.7. The number of para-hydroxylation sites is 1. The maximum atomic E-state index is 13.7. The minimum Gasteiger partial charge on any atom is -0.497 e. The number of fused-ring (bicyclic) bond motifs is 4. The van der Waals surface area contributed by atoms with E-state index in [0.29, 0.717) is 17.0 Å². The van der Waals surface area contributed by atoms with Crippen LogP contribution in [0.1, 0.15) is 23.1 Å². The third kappa shape index (κ3) is 2.96. The third-order valence-electron chi connectivity index (χ3n) is 6.97. The Labute approximate surface area is 190 Å². The monoisotopic (exact) mass is 448 g/mol. The van der Waals surface area contributed by atoms with E-state index in [0.717, 1.165) is 11.1 Å². The molecule has 9 heteroatoms. The van der Waals surface area contributed by atoms with Gasteiger partial charge in [0.1, 0.15) is 11.3 Å². The Balaban J connectivity index is 1.58. The number of likely N-dealkylation sites (tertiary alicyclic amines) is 1. The first-order chi connectivity index (χ1) is 15.8. The number of carbonyl (C=O) groups excluding carboxylic acids is 4. The molecule has 4 amide bonds. The number of nitrogens with two attached hydrogens (primary N) is 1. The van der Waals surface area contributed by atoms with E-state index in [-0.39, 0.29) is 13.0 Å². The molecule has 0 radical (unpaired) electrons. The lowest BCUT2D eigenvalue weighted by molar-refractivity contribution is -0.143. The van der Waals surface area contributed by atoms with Crippen molar-refractivity contribution in [2.75, 3.05) is 12.4 Å². The fourth-order valence-electron chi connectivity index (χ4n) is 5.50. The number of carbonyl (C=O) groups is 4. The maximum absolute atomic E-state index is 13.7. The molecule has 3 aliphatic rings. The summed E-state index contributed by atoms with van der Waals surface area (Å²) >= 11 is 0. The average Bonchev–Trinajstić information content (AvgIpc) is 3.35. The summed E-state index contributed by atoms with van der Waals surface area (Å²) in [4.78, 5) is 53.6. The van der Waals surface area contributed by atoms with E-state index < -0.39 is 47.0 Å². The number of nitrogens with zero attached hydrogens (tertiary/aromatic N) is 1. The molecule has 170 valence electrons. The van der Waals surface area contributed by atoms with E-state index >= 15 is 0 Å². The van der Waals surface area contributed by atoms with Gasteiger partial charge in [0.05, 0.1) is 25.5 Å². The van der Waals surface area contributed by atoms with E-state index in [1.165, 1.54) is 4.90 Å². The third-order valence-corrected chi connectivity index (χ3v) is 6.97. The number of benzene rings is 2. The van der Waals surface area contributed by atoms with Crippen LogP contribution >= 0.6 is 0 Å². The van der Waals surface area contributed by atoms with Crippen LogP contribution in [0.15, 0.2) is 42.5 Å². The summed E-state index contributed by atoms with van der Waals surface area (Å²) in [5.74, 6) is -3.05. The van der Waals surface area contributed by atoms with Crippen LogP contribution in [0.25, 0.3) is 0 Å². The molecule has 9 nitrogen and oxygen atoms in total. The van der Waals surface area contributed by atoms with Crippen molar-refractivity contribution in [1.82, 2.24) is 10.2 Å². The van der Waals surface area contributed by atoms with Gasteiger partial charge in [0.25, 0.3) is 0 Å². The van der Waals surface area contributed by atoms with Crippen LogP contribution in [-0.2, 0) is 31.3 Å².